The van der Waals surface area contributed by atoms with Crippen molar-refractivity contribution in [3.05, 3.63) is 41.7 Å². The molecule has 1 aromatic heterocycles. The lowest BCUT2D eigenvalue weighted by Gasteiger charge is -2.23. The Bertz CT molecular complexity index is 777. The molecule has 2 rings (SSSR count). The molecule has 0 saturated carbocycles. The quantitative estimate of drug-likeness (QED) is 0.342. The number of benzene rings is 1. The summed E-state index contributed by atoms with van der Waals surface area (Å²) in [6.07, 6.45) is 2.81. The van der Waals surface area contributed by atoms with E-state index < -0.39 is 0 Å². The third kappa shape index (κ3) is 5.70. The van der Waals surface area contributed by atoms with Crippen LogP contribution in [0.3, 0.4) is 0 Å². The number of guanidine groups is 1. The second-order valence-electron chi connectivity index (χ2n) is 6.18. The smallest absolute Gasteiger partial charge is 0.203 e. The van der Waals surface area contributed by atoms with Gasteiger partial charge in [0, 0.05) is 45.1 Å². The normalized spacial score (nSPS) is 10.9. The first-order valence-corrected chi connectivity index (χ1v) is 8.85. The third-order valence-electron chi connectivity index (χ3n) is 4.49. The first-order chi connectivity index (χ1) is 13.0. The predicted octanol–water partition coefficient (Wildman–Crippen LogP) is 2.92. The van der Waals surface area contributed by atoms with Crippen molar-refractivity contribution >= 4 is 29.9 Å². The monoisotopic (exact) mass is 502 g/mol. The molecule has 1 aromatic carbocycles. The van der Waals surface area contributed by atoms with E-state index in [2.05, 4.69) is 25.8 Å². The van der Waals surface area contributed by atoms with Crippen molar-refractivity contribution in [1.29, 1.82) is 0 Å². The van der Waals surface area contributed by atoms with Crippen molar-refractivity contribution < 1.29 is 14.2 Å². The molecule has 156 valence electrons. The van der Waals surface area contributed by atoms with Gasteiger partial charge >= 0.3 is 0 Å². The van der Waals surface area contributed by atoms with Crippen LogP contribution in [-0.2, 0) is 20.0 Å². The summed E-state index contributed by atoms with van der Waals surface area (Å²) in [5.74, 6) is 2.81. The highest BCUT2D eigenvalue weighted by Crippen LogP contribution is 2.39. The van der Waals surface area contributed by atoms with Gasteiger partial charge in [-0.05, 0) is 24.6 Å². The summed E-state index contributed by atoms with van der Waals surface area (Å²) in [6.45, 7) is 1.50. The summed E-state index contributed by atoms with van der Waals surface area (Å²) in [5, 5.41) is 3.41. The zero-order valence-electron chi connectivity index (χ0n) is 17.5. The van der Waals surface area contributed by atoms with Crippen LogP contribution < -0.4 is 19.5 Å². The number of nitrogens with zero attached hydrogens (tertiary/aromatic N) is 3. The summed E-state index contributed by atoms with van der Waals surface area (Å²) in [6, 6.07) is 8.05. The summed E-state index contributed by atoms with van der Waals surface area (Å²) in [7, 11) is 10.7. The minimum Gasteiger partial charge on any atom is -0.493 e. The van der Waals surface area contributed by atoms with Crippen LogP contribution >= 0.6 is 24.0 Å². The minimum atomic E-state index is 0. The summed E-state index contributed by atoms with van der Waals surface area (Å²) in [4.78, 5) is 6.48. The van der Waals surface area contributed by atoms with E-state index in [4.69, 9.17) is 14.2 Å². The SMILES string of the molecule is CN=C(NCCc1ccc(OC)c(OC)c1OC)N(C)Cc1cccn1C.I. The van der Waals surface area contributed by atoms with E-state index in [1.165, 1.54) is 5.69 Å². The van der Waals surface area contributed by atoms with E-state index in [0.717, 1.165) is 31.0 Å². The Balaban J connectivity index is 0.00000392. The van der Waals surface area contributed by atoms with Crippen LogP contribution in [0.25, 0.3) is 0 Å². The van der Waals surface area contributed by atoms with E-state index in [9.17, 15) is 0 Å². The molecule has 0 aliphatic heterocycles. The van der Waals surface area contributed by atoms with Crippen molar-refractivity contribution in [2.75, 3.05) is 42.0 Å². The number of ether oxygens (including phenoxy) is 3. The van der Waals surface area contributed by atoms with Gasteiger partial charge in [0.2, 0.25) is 5.75 Å². The lowest BCUT2D eigenvalue weighted by molar-refractivity contribution is 0.322. The first kappa shape index (κ1) is 23.9. The Labute approximate surface area is 184 Å². The molecule has 0 saturated heterocycles. The van der Waals surface area contributed by atoms with Crippen molar-refractivity contribution in [3.63, 3.8) is 0 Å². The largest absolute Gasteiger partial charge is 0.493 e. The number of rotatable bonds is 8. The van der Waals surface area contributed by atoms with E-state index >= 15 is 0 Å². The Morgan fingerprint density at radius 1 is 1.11 bits per heavy atom. The summed E-state index contributed by atoms with van der Waals surface area (Å²) >= 11 is 0. The second kappa shape index (κ2) is 11.7. The van der Waals surface area contributed by atoms with Gasteiger partial charge in [0.05, 0.1) is 27.9 Å². The number of methoxy groups -OCH3 is 3. The van der Waals surface area contributed by atoms with E-state index in [1.807, 2.05) is 38.5 Å². The Kier molecular flexibility index (Phi) is 9.98. The molecule has 0 spiro atoms. The standard InChI is InChI=1S/C20H30N4O3.HI/c1-21-20(24(3)14-16-8-7-13-23(16)2)22-12-11-15-9-10-17(25-4)19(27-6)18(15)26-5;/h7-10,13H,11-12,14H2,1-6H3,(H,21,22);1H. The fraction of sp³-hybridized carbons (Fsp3) is 0.450. The zero-order chi connectivity index (χ0) is 19.8. The molecule has 0 unspecified atom stereocenters. The van der Waals surface area contributed by atoms with Gasteiger partial charge in [0.1, 0.15) is 0 Å². The van der Waals surface area contributed by atoms with Gasteiger partial charge < -0.3 is 29.0 Å². The van der Waals surface area contributed by atoms with Crippen LogP contribution in [0, 0.1) is 0 Å². The molecule has 8 heteroatoms. The van der Waals surface area contributed by atoms with Crippen LogP contribution in [0.15, 0.2) is 35.5 Å². The maximum Gasteiger partial charge on any atom is 0.203 e. The molecule has 0 bridgehead atoms. The highest BCUT2D eigenvalue weighted by atomic mass is 127. The molecule has 0 atom stereocenters. The predicted molar refractivity (Wildman–Crippen MR) is 123 cm³/mol. The van der Waals surface area contributed by atoms with Gasteiger partial charge in [-0.2, -0.15) is 0 Å². The van der Waals surface area contributed by atoms with Crippen molar-refractivity contribution in [3.8, 4) is 17.2 Å². The van der Waals surface area contributed by atoms with Crippen molar-refractivity contribution in [2.24, 2.45) is 12.0 Å². The maximum atomic E-state index is 5.55. The van der Waals surface area contributed by atoms with Crippen LogP contribution in [0.4, 0.5) is 0 Å². The van der Waals surface area contributed by atoms with Gasteiger partial charge in [0.15, 0.2) is 17.5 Å². The lowest BCUT2D eigenvalue weighted by atomic mass is 10.1. The summed E-state index contributed by atoms with van der Waals surface area (Å²) < 4.78 is 18.4. The number of aliphatic imine (C=N–C) groups is 1. The fourth-order valence-corrected chi connectivity index (χ4v) is 3.03. The molecular weight excluding hydrogens is 471 g/mol. The third-order valence-corrected chi connectivity index (χ3v) is 4.49. The van der Waals surface area contributed by atoms with Gasteiger partial charge in [-0.25, -0.2) is 0 Å². The zero-order valence-corrected chi connectivity index (χ0v) is 19.8. The van der Waals surface area contributed by atoms with Crippen molar-refractivity contribution in [1.82, 2.24) is 14.8 Å². The number of halogens is 1. The van der Waals surface area contributed by atoms with Crippen LogP contribution in [0.5, 0.6) is 17.2 Å². The van der Waals surface area contributed by atoms with E-state index in [0.29, 0.717) is 17.2 Å². The topological polar surface area (TPSA) is 60.3 Å². The highest BCUT2D eigenvalue weighted by Gasteiger charge is 2.16. The van der Waals surface area contributed by atoms with Crippen LogP contribution in [-0.4, -0.2) is 57.4 Å². The molecule has 0 aliphatic carbocycles. The molecule has 0 aliphatic rings. The van der Waals surface area contributed by atoms with Gasteiger partial charge in [-0.15, -0.1) is 24.0 Å². The lowest BCUT2D eigenvalue weighted by Crippen LogP contribution is -2.39. The molecule has 1 heterocycles. The Hall–Kier alpha value is -2.10. The number of hydrogen-bond donors (Lipinski definition) is 1. The maximum absolute atomic E-state index is 5.55. The van der Waals surface area contributed by atoms with Gasteiger partial charge in [0.25, 0.3) is 0 Å². The molecule has 1 N–H and O–H groups in total. The summed E-state index contributed by atoms with van der Waals surface area (Å²) in [5.41, 5.74) is 2.27. The molecule has 0 fully saturated rings. The molecule has 0 radical (unpaired) electrons. The number of hydrogen-bond acceptors (Lipinski definition) is 4. The molecule has 2 aromatic rings. The average molecular weight is 502 g/mol. The Morgan fingerprint density at radius 2 is 1.82 bits per heavy atom. The van der Waals surface area contributed by atoms with Crippen molar-refractivity contribution in [2.45, 2.75) is 13.0 Å². The van der Waals surface area contributed by atoms with Crippen LogP contribution in [0.1, 0.15) is 11.3 Å². The highest BCUT2D eigenvalue weighted by molar-refractivity contribution is 14.0. The van der Waals surface area contributed by atoms with E-state index in [1.54, 1.807) is 28.4 Å². The minimum absolute atomic E-state index is 0. The molecular formula is C20H31IN4O3. The van der Waals surface area contributed by atoms with Crippen LogP contribution in [0.2, 0.25) is 0 Å². The first-order valence-electron chi connectivity index (χ1n) is 8.85. The molecule has 7 nitrogen and oxygen atoms in total. The fourth-order valence-electron chi connectivity index (χ4n) is 3.03. The number of nitrogens with one attached hydrogen (secondary N) is 1. The van der Waals surface area contributed by atoms with Gasteiger partial charge in [-0.3, -0.25) is 4.99 Å². The number of aryl methyl sites for hydroxylation is 1. The Morgan fingerprint density at radius 3 is 2.36 bits per heavy atom. The molecule has 28 heavy (non-hydrogen) atoms. The average Bonchev–Trinajstić information content (AvgIpc) is 3.08. The number of aromatic nitrogens is 1. The second-order valence-corrected chi connectivity index (χ2v) is 6.18. The molecule has 0 amide bonds. The van der Waals surface area contributed by atoms with E-state index in [-0.39, 0.29) is 24.0 Å². The van der Waals surface area contributed by atoms with Gasteiger partial charge in [-0.1, -0.05) is 6.07 Å².